The van der Waals surface area contributed by atoms with Crippen LogP contribution in [0.4, 0.5) is 0 Å². The Morgan fingerprint density at radius 2 is 2.09 bits per heavy atom. The first-order valence-electron chi connectivity index (χ1n) is 6.74. The van der Waals surface area contributed by atoms with Crippen molar-refractivity contribution in [2.24, 2.45) is 5.10 Å². The van der Waals surface area contributed by atoms with Crippen LogP contribution in [0.2, 0.25) is 0 Å². The van der Waals surface area contributed by atoms with E-state index in [1.54, 1.807) is 36.6 Å². The quantitative estimate of drug-likeness (QED) is 0.694. The molecule has 0 radical (unpaired) electrons. The smallest absolute Gasteiger partial charge is 0.284 e. The van der Waals surface area contributed by atoms with Gasteiger partial charge in [-0.3, -0.25) is 4.79 Å². The Labute approximate surface area is 127 Å². The summed E-state index contributed by atoms with van der Waals surface area (Å²) in [6.07, 6.45) is 5.70. The zero-order valence-electron chi connectivity index (χ0n) is 11.6. The minimum atomic E-state index is -0.721. The largest absolute Gasteiger partial charge is 0.485 e. The van der Waals surface area contributed by atoms with Crippen LogP contribution in [0.3, 0.4) is 0 Å². The topological polar surface area (TPSA) is 73.1 Å². The third kappa shape index (κ3) is 3.35. The number of hydrazone groups is 1. The number of ether oxygens (including phenoxy) is 2. The summed E-state index contributed by atoms with van der Waals surface area (Å²) in [5.74, 6) is 1.53. The molecule has 1 aliphatic heterocycles. The number of benzene rings is 1. The van der Waals surface area contributed by atoms with E-state index in [4.69, 9.17) is 13.9 Å². The Morgan fingerprint density at radius 1 is 1.23 bits per heavy atom. The van der Waals surface area contributed by atoms with Gasteiger partial charge in [-0.2, -0.15) is 5.10 Å². The van der Waals surface area contributed by atoms with Crippen LogP contribution < -0.4 is 14.9 Å². The summed E-state index contributed by atoms with van der Waals surface area (Å²) < 4.78 is 16.2. The number of carbonyl (C=O) groups excluding carboxylic acids is 1. The minimum Gasteiger partial charge on any atom is -0.485 e. The highest BCUT2D eigenvalue weighted by atomic mass is 16.6. The van der Waals surface area contributed by atoms with Gasteiger partial charge in [0, 0.05) is 6.21 Å². The minimum absolute atomic E-state index is 0.153. The monoisotopic (exact) mass is 298 g/mol. The number of hydrogen-bond acceptors (Lipinski definition) is 5. The van der Waals surface area contributed by atoms with Crippen LogP contribution in [0.25, 0.3) is 6.08 Å². The van der Waals surface area contributed by atoms with Gasteiger partial charge in [0.25, 0.3) is 5.91 Å². The first-order chi connectivity index (χ1) is 10.8. The second-order valence-electron chi connectivity index (χ2n) is 4.49. The van der Waals surface area contributed by atoms with Crippen molar-refractivity contribution in [3.63, 3.8) is 0 Å². The average molecular weight is 298 g/mol. The lowest BCUT2D eigenvalue weighted by Gasteiger charge is -2.24. The normalized spacial score (nSPS) is 17.0. The van der Waals surface area contributed by atoms with Crippen molar-refractivity contribution in [2.75, 3.05) is 6.61 Å². The predicted molar refractivity (Wildman–Crippen MR) is 80.7 cm³/mol. The molecule has 1 unspecified atom stereocenters. The van der Waals surface area contributed by atoms with Gasteiger partial charge in [0.15, 0.2) is 11.5 Å². The zero-order chi connectivity index (χ0) is 15.2. The van der Waals surface area contributed by atoms with Gasteiger partial charge in [0.1, 0.15) is 12.4 Å². The summed E-state index contributed by atoms with van der Waals surface area (Å²) in [6.45, 7) is 0.153. The summed E-state index contributed by atoms with van der Waals surface area (Å²) in [4.78, 5) is 11.9. The number of amides is 1. The number of fused-ring (bicyclic) bond motifs is 1. The molecule has 3 rings (SSSR count). The van der Waals surface area contributed by atoms with Crippen LogP contribution in [0.5, 0.6) is 11.5 Å². The number of allylic oxidation sites excluding steroid dienone is 1. The second-order valence-corrected chi connectivity index (χ2v) is 4.49. The number of carbonyl (C=O) groups is 1. The fourth-order valence-electron chi connectivity index (χ4n) is 1.89. The molecule has 1 atom stereocenters. The standard InChI is InChI=1S/C16H14N2O4/c19-16(18-17-9-3-5-12-6-4-10-20-12)15-11-21-13-7-1-2-8-14(13)22-15/h1-10,15H,11H2,(H,18,19)/b5-3+,17-9?. The molecule has 6 heteroatoms. The van der Waals surface area contributed by atoms with E-state index in [-0.39, 0.29) is 12.5 Å². The third-order valence-electron chi connectivity index (χ3n) is 2.94. The summed E-state index contributed by atoms with van der Waals surface area (Å²) in [6, 6.07) is 10.8. The molecule has 1 aromatic heterocycles. The molecule has 112 valence electrons. The number of nitrogens with zero attached hydrogens (tertiary/aromatic N) is 1. The van der Waals surface area contributed by atoms with E-state index in [1.165, 1.54) is 6.21 Å². The summed E-state index contributed by atoms with van der Waals surface area (Å²) in [5, 5.41) is 3.81. The van der Waals surface area contributed by atoms with Crippen molar-refractivity contribution in [1.82, 2.24) is 5.43 Å². The molecule has 22 heavy (non-hydrogen) atoms. The number of furan rings is 1. The average Bonchev–Trinajstić information content (AvgIpc) is 3.07. The van der Waals surface area contributed by atoms with Crippen LogP contribution in [0.15, 0.2) is 58.3 Å². The fourth-order valence-corrected chi connectivity index (χ4v) is 1.89. The number of rotatable bonds is 4. The van der Waals surface area contributed by atoms with Gasteiger partial charge in [-0.1, -0.05) is 12.1 Å². The Morgan fingerprint density at radius 3 is 2.91 bits per heavy atom. The molecule has 0 fully saturated rings. The van der Waals surface area contributed by atoms with E-state index >= 15 is 0 Å². The van der Waals surface area contributed by atoms with Crippen molar-refractivity contribution in [2.45, 2.75) is 6.10 Å². The molecule has 1 aliphatic rings. The molecule has 2 heterocycles. The van der Waals surface area contributed by atoms with Gasteiger partial charge in [-0.15, -0.1) is 0 Å². The lowest BCUT2D eigenvalue weighted by molar-refractivity contribution is -0.130. The Bertz CT molecular complexity index is 692. The zero-order valence-corrected chi connectivity index (χ0v) is 11.6. The molecule has 1 amide bonds. The molecule has 0 spiro atoms. The molecule has 0 aliphatic carbocycles. The van der Waals surface area contributed by atoms with E-state index in [2.05, 4.69) is 10.5 Å². The Kier molecular flexibility index (Phi) is 4.20. The van der Waals surface area contributed by atoms with Gasteiger partial charge in [0.2, 0.25) is 6.10 Å². The number of hydrogen-bond donors (Lipinski definition) is 1. The van der Waals surface area contributed by atoms with Gasteiger partial charge in [0.05, 0.1) is 6.26 Å². The highest BCUT2D eigenvalue weighted by molar-refractivity contribution is 5.84. The number of nitrogens with one attached hydrogen (secondary N) is 1. The summed E-state index contributed by atoms with van der Waals surface area (Å²) in [5.41, 5.74) is 2.41. The van der Waals surface area contributed by atoms with Crippen LogP contribution in [0, 0.1) is 0 Å². The van der Waals surface area contributed by atoms with Crippen molar-refractivity contribution in [3.8, 4) is 11.5 Å². The lowest BCUT2D eigenvalue weighted by Crippen LogP contribution is -2.42. The molecule has 1 N–H and O–H groups in total. The maximum atomic E-state index is 11.9. The Balaban J connectivity index is 1.50. The second kappa shape index (κ2) is 6.62. The van der Waals surface area contributed by atoms with E-state index in [9.17, 15) is 4.79 Å². The van der Waals surface area contributed by atoms with Crippen LogP contribution in [0.1, 0.15) is 5.76 Å². The van der Waals surface area contributed by atoms with Crippen LogP contribution in [-0.4, -0.2) is 24.8 Å². The maximum absolute atomic E-state index is 11.9. The van der Waals surface area contributed by atoms with E-state index in [0.29, 0.717) is 17.3 Å². The molecular formula is C16H14N2O4. The molecule has 0 saturated carbocycles. The van der Waals surface area contributed by atoms with Crippen molar-refractivity contribution in [1.29, 1.82) is 0 Å². The van der Waals surface area contributed by atoms with Crippen molar-refractivity contribution >= 4 is 18.2 Å². The van der Waals surface area contributed by atoms with E-state index in [1.807, 2.05) is 18.2 Å². The molecule has 2 aromatic rings. The highest BCUT2D eigenvalue weighted by Crippen LogP contribution is 2.30. The van der Waals surface area contributed by atoms with Crippen molar-refractivity contribution in [3.05, 3.63) is 54.5 Å². The lowest BCUT2D eigenvalue weighted by atomic mass is 10.2. The van der Waals surface area contributed by atoms with Gasteiger partial charge < -0.3 is 13.9 Å². The molecular weight excluding hydrogens is 284 g/mol. The van der Waals surface area contributed by atoms with Gasteiger partial charge in [-0.25, -0.2) is 5.43 Å². The molecule has 0 bridgehead atoms. The molecule has 1 aromatic carbocycles. The van der Waals surface area contributed by atoms with Gasteiger partial charge >= 0.3 is 0 Å². The number of para-hydroxylation sites is 2. The fraction of sp³-hybridized carbons (Fsp3) is 0.125. The summed E-state index contributed by atoms with van der Waals surface area (Å²) in [7, 11) is 0. The third-order valence-corrected chi connectivity index (χ3v) is 2.94. The first kappa shape index (κ1) is 13.9. The predicted octanol–water partition coefficient (Wildman–Crippen LogP) is 2.23. The van der Waals surface area contributed by atoms with E-state index < -0.39 is 6.10 Å². The van der Waals surface area contributed by atoms with E-state index in [0.717, 1.165) is 0 Å². The van der Waals surface area contributed by atoms with Crippen molar-refractivity contribution < 1.29 is 18.7 Å². The van der Waals surface area contributed by atoms with Crippen LogP contribution >= 0.6 is 0 Å². The molecule has 0 saturated heterocycles. The van der Waals surface area contributed by atoms with Crippen LogP contribution in [-0.2, 0) is 4.79 Å². The highest BCUT2D eigenvalue weighted by Gasteiger charge is 2.26. The SMILES string of the molecule is O=C(NN=C/C=C/c1ccco1)C1COc2ccccc2O1. The van der Waals surface area contributed by atoms with Gasteiger partial charge in [-0.05, 0) is 36.4 Å². The molecule has 6 nitrogen and oxygen atoms in total. The summed E-state index contributed by atoms with van der Waals surface area (Å²) >= 11 is 0. The Hall–Kier alpha value is -3.02. The maximum Gasteiger partial charge on any atom is 0.284 e. The first-order valence-corrected chi connectivity index (χ1v) is 6.74.